The van der Waals surface area contributed by atoms with E-state index in [1.165, 1.54) is 49.5 Å². The van der Waals surface area contributed by atoms with E-state index in [2.05, 4.69) is 5.32 Å². The molecule has 0 fully saturated rings. The Hall–Kier alpha value is -3.19. The summed E-state index contributed by atoms with van der Waals surface area (Å²) < 4.78 is 40.0. The zero-order valence-electron chi connectivity index (χ0n) is 16.1. The standard InChI is InChI=1S/C22H21FN2O3S/c1-16-6-3-4-7-18(16)15-24-22(26)17-8-5-9-21(14-17)29(27,28)25(2)20-12-10-19(23)11-13-20/h3-14H,15H2,1-2H3,(H,24,26). The number of halogens is 1. The molecule has 0 radical (unpaired) electrons. The van der Waals surface area contributed by atoms with Gasteiger partial charge >= 0.3 is 0 Å². The molecule has 0 heterocycles. The van der Waals surface area contributed by atoms with Crippen molar-refractivity contribution in [1.82, 2.24) is 5.32 Å². The topological polar surface area (TPSA) is 66.5 Å². The maximum Gasteiger partial charge on any atom is 0.264 e. The van der Waals surface area contributed by atoms with Gasteiger partial charge < -0.3 is 5.32 Å². The lowest BCUT2D eigenvalue weighted by molar-refractivity contribution is 0.0950. The summed E-state index contributed by atoms with van der Waals surface area (Å²) in [5, 5.41) is 2.81. The first-order valence-corrected chi connectivity index (χ1v) is 10.4. The van der Waals surface area contributed by atoms with Gasteiger partial charge in [0.15, 0.2) is 0 Å². The third-order valence-corrected chi connectivity index (χ3v) is 6.43. The maximum absolute atomic E-state index is 13.1. The summed E-state index contributed by atoms with van der Waals surface area (Å²) in [6.07, 6.45) is 0. The number of anilines is 1. The van der Waals surface area contributed by atoms with Gasteiger partial charge in [0.1, 0.15) is 5.82 Å². The van der Waals surface area contributed by atoms with Crippen molar-refractivity contribution in [1.29, 1.82) is 0 Å². The van der Waals surface area contributed by atoms with Gasteiger partial charge in [-0.05, 0) is 60.5 Å². The zero-order chi connectivity index (χ0) is 21.0. The lowest BCUT2D eigenvalue weighted by Crippen LogP contribution is -2.27. The Kier molecular flexibility index (Phi) is 5.98. The lowest BCUT2D eigenvalue weighted by atomic mass is 10.1. The van der Waals surface area contributed by atoms with Gasteiger partial charge in [0, 0.05) is 19.2 Å². The fourth-order valence-electron chi connectivity index (χ4n) is 2.83. The second-order valence-corrected chi connectivity index (χ2v) is 8.56. The van der Waals surface area contributed by atoms with Crippen LogP contribution in [0.3, 0.4) is 0 Å². The van der Waals surface area contributed by atoms with Crippen LogP contribution in [0.5, 0.6) is 0 Å². The predicted octanol–water partition coefficient (Wildman–Crippen LogP) is 3.89. The molecule has 1 amide bonds. The third kappa shape index (κ3) is 4.63. The Labute approximate surface area is 169 Å². The van der Waals surface area contributed by atoms with Gasteiger partial charge in [-0.1, -0.05) is 30.3 Å². The van der Waals surface area contributed by atoms with Crippen molar-refractivity contribution in [2.24, 2.45) is 0 Å². The molecule has 3 aromatic rings. The molecule has 0 atom stereocenters. The van der Waals surface area contributed by atoms with Crippen LogP contribution in [0.4, 0.5) is 10.1 Å². The molecule has 3 aromatic carbocycles. The average Bonchev–Trinajstić information content (AvgIpc) is 2.73. The summed E-state index contributed by atoms with van der Waals surface area (Å²) >= 11 is 0. The summed E-state index contributed by atoms with van der Waals surface area (Å²) in [4.78, 5) is 12.5. The molecule has 7 heteroatoms. The Morgan fingerprint density at radius 3 is 2.38 bits per heavy atom. The second-order valence-electron chi connectivity index (χ2n) is 6.59. The number of nitrogens with zero attached hydrogens (tertiary/aromatic N) is 1. The van der Waals surface area contributed by atoms with Crippen LogP contribution < -0.4 is 9.62 Å². The molecule has 0 aliphatic rings. The number of hydrogen-bond acceptors (Lipinski definition) is 3. The molecule has 5 nitrogen and oxygen atoms in total. The van der Waals surface area contributed by atoms with E-state index in [4.69, 9.17) is 0 Å². The summed E-state index contributed by atoms with van der Waals surface area (Å²) in [7, 11) is -2.52. The average molecular weight is 412 g/mol. The largest absolute Gasteiger partial charge is 0.348 e. The molecule has 0 unspecified atom stereocenters. The number of rotatable bonds is 6. The smallest absolute Gasteiger partial charge is 0.264 e. The lowest BCUT2D eigenvalue weighted by Gasteiger charge is -2.20. The van der Waals surface area contributed by atoms with Crippen molar-refractivity contribution < 1.29 is 17.6 Å². The minimum atomic E-state index is -3.90. The van der Waals surface area contributed by atoms with Crippen molar-refractivity contribution in [2.75, 3.05) is 11.4 Å². The molecule has 0 aromatic heterocycles. The van der Waals surface area contributed by atoms with E-state index in [0.29, 0.717) is 12.2 Å². The van der Waals surface area contributed by atoms with E-state index >= 15 is 0 Å². The molecular weight excluding hydrogens is 391 g/mol. The Morgan fingerprint density at radius 2 is 1.69 bits per heavy atom. The normalized spacial score (nSPS) is 11.1. The first-order chi connectivity index (χ1) is 13.8. The molecule has 150 valence electrons. The van der Waals surface area contributed by atoms with Crippen molar-refractivity contribution in [3.63, 3.8) is 0 Å². The predicted molar refractivity (Wildman–Crippen MR) is 111 cm³/mol. The summed E-state index contributed by atoms with van der Waals surface area (Å²) in [5.41, 5.74) is 2.61. The Bertz CT molecular complexity index is 1130. The van der Waals surface area contributed by atoms with Gasteiger partial charge in [-0.15, -0.1) is 0 Å². The number of carbonyl (C=O) groups is 1. The SMILES string of the molecule is Cc1ccccc1CNC(=O)c1cccc(S(=O)(=O)N(C)c2ccc(F)cc2)c1. The van der Waals surface area contributed by atoms with E-state index in [1.807, 2.05) is 31.2 Å². The maximum atomic E-state index is 13.1. The molecule has 0 aliphatic carbocycles. The van der Waals surface area contributed by atoms with Crippen LogP contribution in [-0.2, 0) is 16.6 Å². The minimum absolute atomic E-state index is 0.0205. The highest BCUT2D eigenvalue weighted by atomic mass is 32.2. The first kappa shape index (κ1) is 20.5. The van der Waals surface area contributed by atoms with Crippen LogP contribution in [0.15, 0.2) is 77.7 Å². The van der Waals surface area contributed by atoms with E-state index in [1.54, 1.807) is 6.07 Å². The van der Waals surface area contributed by atoms with Gasteiger partial charge in [-0.25, -0.2) is 12.8 Å². The monoisotopic (exact) mass is 412 g/mol. The molecule has 29 heavy (non-hydrogen) atoms. The second kappa shape index (κ2) is 8.45. The van der Waals surface area contributed by atoms with E-state index in [-0.39, 0.29) is 16.4 Å². The van der Waals surface area contributed by atoms with Gasteiger partial charge in [0.25, 0.3) is 15.9 Å². The summed E-state index contributed by atoms with van der Waals surface area (Å²) in [6, 6.07) is 18.7. The zero-order valence-corrected chi connectivity index (χ0v) is 16.9. The summed E-state index contributed by atoms with van der Waals surface area (Å²) in [6.45, 7) is 2.30. The quantitative estimate of drug-likeness (QED) is 0.668. The number of amides is 1. The molecule has 0 spiro atoms. The van der Waals surface area contributed by atoms with Crippen LogP contribution in [0.1, 0.15) is 21.5 Å². The number of nitrogens with one attached hydrogen (secondary N) is 1. The van der Waals surface area contributed by atoms with Crippen molar-refractivity contribution >= 4 is 21.6 Å². The van der Waals surface area contributed by atoms with Crippen molar-refractivity contribution in [3.05, 3.63) is 95.3 Å². The van der Waals surface area contributed by atoms with Gasteiger partial charge in [-0.2, -0.15) is 0 Å². The molecule has 0 saturated heterocycles. The van der Waals surface area contributed by atoms with Crippen molar-refractivity contribution in [3.8, 4) is 0 Å². The van der Waals surface area contributed by atoms with Crippen LogP contribution in [0, 0.1) is 12.7 Å². The highest BCUT2D eigenvalue weighted by Gasteiger charge is 2.22. The van der Waals surface area contributed by atoms with Crippen LogP contribution in [0.25, 0.3) is 0 Å². The molecule has 0 saturated carbocycles. The van der Waals surface area contributed by atoms with Crippen LogP contribution in [0.2, 0.25) is 0 Å². The van der Waals surface area contributed by atoms with Crippen LogP contribution >= 0.6 is 0 Å². The van der Waals surface area contributed by atoms with Gasteiger partial charge in [0.2, 0.25) is 0 Å². The first-order valence-electron chi connectivity index (χ1n) is 8.96. The number of hydrogen-bond donors (Lipinski definition) is 1. The molecule has 0 bridgehead atoms. The van der Waals surface area contributed by atoms with Crippen molar-refractivity contribution in [2.45, 2.75) is 18.4 Å². The number of sulfonamides is 1. The minimum Gasteiger partial charge on any atom is -0.348 e. The molecule has 1 N–H and O–H groups in total. The van der Waals surface area contributed by atoms with E-state index < -0.39 is 15.8 Å². The number of aryl methyl sites for hydroxylation is 1. The fourth-order valence-corrected chi connectivity index (χ4v) is 4.07. The fraction of sp³-hybridized carbons (Fsp3) is 0.136. The molecule has 0 aliphatic heterocycles. The number of benzene rings is 3. The summed E-state index contributed by atoms with van der Waals surface area (Å²) in [5.74, 6) is -0.818. The van der Waals surface area contributed by atoms with Gasteiger partial charge in [0.05, 0.1) is 10.6 Å². The third-order valence-electron chi connectivity index (χ3n) is 4.65. The van der Waals surface area contributed by atoms with Crippen LogP contribution in [-0.4, -0.2) is 21.4 Å². The Balaban J connectivity index is 1.80. The number of carbonyl (C=O) groups excluding carboxylic acids is 1. The highest BCUT2D eigenvalue weighted by molar-refractivity contribution is 7.92. The molecular formula is C22H21FN2O3S. The Morgan fingerprint density at radius 1 is 1.00 bits per heavy atom. The van der Waals surface area contributed by atoms with Gasteiger partial charge in [-0.3, -0.25) is 9.10 Å². The molecule has 3 rings (SSSR count). The van der Waals surface area contributed by atoms with E-state index in [9.17, 15) is 17.6 Å². The highest BCUT2D eigenvalue weighted by Crippen LogP contribution is 2.23. The van der Waals surface area contributed by atoms with E-state index in [0.717, 1.165) is 15.4 Å².